The van der Waals surface area contributed by atoms with Gasteiger partial charge < -0.3 is 10.2 Å². The zero-order valence-electron chi connectivity index (χ0n) is 15.8. The Hall–Kier alpha value is -1.43. The minimum absolute atomic E-state index is 0.116. The molecule has 1 fully saturated rings. The van der Waals surface area contributed by atoms with Crippen LogP contribution in [0.25, 0.3) is 0 Å². The van der Waals surface area contributed by atoms with Crippen LogP contribution in [0.5, 0.6) is 0 Å². The maximum atomic E-state index is 12.5. The second-order valence-corrected chi connectivity index (χ2v) is 8.29. The van der Waals surface area contributed by atoms with Crippen LogP contribution in [0.3, 0.4) is 0 Å². The average Bonchev–Trinajstić information content (AvgIpc) is 3.32. The van der Waals surface area contributed by atoms with Crippen LogP contribution in [0.1, 0.15) is 68.9 Å². The minimum Gasteiger partial charge on any atom is -0.333 e. The van der Waals surface area contributed by atoms with E-state index in [1.54, 1.807) is 4.90 Å². The fraction of sp³-hybridized carbons (Fsp3) is 0.737. The number of nitrogens with zero attached hydrogens (tertiary/aromatic N) is 2. The predicted molar refractivity (Wildman–Crippen MR) is 103 cm³/mol. The summed E-state index contributed by atoms with van der Waals surface area (Å²) in [5.74, 6) is 0.556. The van der Waals surface area contributed by atoms with Gasteiger partial charge in [0.2, 0.25) is 11.8 Å². The van der Waals surface area contributed by atoms with E-state index in [2.05, 4.69) is 17.2 Å². The molecular formula is C19H31N3O2S. The standard InChI is InChI=1S/C19H31N3O2S/c1-4-5-6-7-8-9-18(24)22(12-16-10-11-16)13-17(23)21-19-20-14(2)15(3)25-19/h16H,4-13H2,1-3H3,(H,20,21,23). The number of aryl methyl sites for hydroxylation is 2. The maximum absolute atomic E-state index is 12.5. The molecule has 1 aromatic rings. The van der Waals surface area contributed by atoms with Gasteiger partial charge in [0.1, 0.15) is 0 Å². The van der Waals surface area contributed by atoms with Crippen molar-refractivity contribution in [3.05, 3.63) is 10.6 Å². The summed E-state index contributed by atoms with van der Waals surface area (Å²) in [7, 11) is 0. The van der Waals surface area contributed by atoms with E-state index < -0.39 is 0 Å². The molecule has 0 aromatic carbocycles. The van der Waals surface area contributed by atoms with Gasteiger partial charge in [0, 0.05) is 17.8 Å². The van der Waals surface area contributed by atoms with Crippen molar-refractivity contribution < 1.29 is 9.59 Å². The fourth-order valence-electron chi connectivity index (χ4n) is 2.76. The molecule has 1 aliphatic carbocycles. The highest BCUT2D eigenvalue weighted by Gasteiger charge is 2.27. The number of aromatic nitrogens is 1. The Kier molecular flexibility index (Phi) is 7.88. The fourth-order valence-corrected chi connectivity index (χ4v) is 3.59. The van der Waals surface area contributed by atoms with E-state index >= 15 is 0 Å². The number of anilines is 1. The number of amides is 2. The van der Waals surface area contributed by atoms with Crippen molar-refractivity contribution in [2.45, 2.75) is 72.1 Å². The Balaban J connectivity index is 1.81. The first-order chi connectivity index (χ1) is 12.0. The van der Waals surface area contributed by atoms with Crippen molar-refractivity contribution in [2.24, 2.45) is 5.92 Å². The third-order valence-electron chi connectivity index (χ3n) is 4.63. The number of unbranched alkanes of at least 4 members (excludes halogenated alkanes) is 4. The molecule has 2 amide bonds. The van der Waals surface area contributed by atoms with Gasteiger partial charge in [0.05, 0.1) is 12.2 Å². The van der Waals surface area contributed by atoms with E-state index in [4.69, 9.17) is 0 Å². The van der Waals surface area contributed by atoms with Crippen molar-refractivity contribution in [2.75, 3.05) is 18.4 Å². The molecular weight excluding hydrogens is 334 g/mol. The summed E-state index contributed by atoms with van der Waals surface area (Å²) in [5, 5.41) is 3.46. The molecule has 0 aliphatic heterocycles. The van der Waals surface area contributed by atoms with Gasteiger partial charge in [0.25, 0.3) is 0 Å². The number of carbonyl (C=O) groups excluding carboxylic acids is 2. The van der Waals surface area contributed by atoms with Crippen molar-refractivity contribution >= 4 is 28.3 Å². The van der Waals surface area contributed by atoms with Gasteiger partial charge in [-0.05, 0) is 39.0 Å². The molecule has 1 saturated carbocycles. The molecule has 5 nitrogen and oxygen atoms in total. The second kappa shape index (κ2) is 9.90. The van der Waals surface area contributed by atoms with Crippen LogP contribution in [-0.2, 0) is 9.59 Å². The number of hydrogen-bond acceptors (Lipinski definition) is 4. The van der Waals surface area contributed by atoms with E-state index in [0.717, 1.165) is 30.0 Å². The molecule has 2 rings (SSSR count). The monoisotopic (exact) mass is 365 g/mol. The highest BCUT2D eigenvalue weighted by atomic mass is 32.1. The summed E-state index contributed by atoms with van der Waals surface area (Å²) < 4.78 is 0. The molecule has 0 radical (unpaired) electrons. The highest BCUT2D eigenvalue weighted by Crippen LogP contribution is 2.30. The van der Waals surface area contributed by atoms with Crippen LogP contribution in [0.15, 0.2) is 0 Å². The van der Waals surface area contributed by atoms with Crippen molar-refractivity contribution in [3.63, 3.8) is 0 Å². The lowest BCUT2D eigenvalue weighted by Gasteiger charge is -2.22. The number of hydrogen-bond donors (Lipinski definition) is 1. The third kappa shape index (κ3) is 7.14. The highest BCUT2D eigenvalue weighted by molar-refractivity contribution is 7.15. The molecule has 25 heavy (non-hydrogen) atoms. The van der Waals surface area contributed by atoms with Crippen LogP contribution < -0.4 is 5.32 Å². The van der Waals surface area contributed by atoms with Crippen LogP contribution >= 0.6 is 11.3 Å². The molecule has 0 saturated heterocycles. The van der Waals surface area contributed by atoms with Gasteiger partial charge in [-0.25, -0.2) is 4.98 Å². The maximum Gasteiger partial charge on any atom is 0.245 e. The average molecular weight is 366 g/mol. The third-order valence-corrected chi connectivity index (χ3v) is 5.62. The van der Waals surface area contributed by atoms with Gasteiger partial charge in [0.15, 0.2) is 5.13 Å². The predicted octanol–water partition coefficient (Wildman–Crippen LogP) is 4.30. The van der Waals surface area contributed by atoms with E-state index in [-0.39, 0.29) is 18.4 Å². The van der Waals surface area contributed by atoms with Crippen LogP contribution in [-0.4, -0.2) is 34.8 Å². The summed E-state index contributed by atoms with van der Waals surface area (Å²) in [4.78, 5) is 32.0. The SMILES string of the molecule is CCCCCCCC(=O)N(CC(=O)Nc1nc(C)c(C)s1)CC1CC1. The largest absolute Gasteiger partial charge is 0.333 e. The Labute approximate surface area is 155 Å². The van der Waals surface area contributed by atoms with Crippen molar-refractivity contribution in [3.8, 4) is 0 Å². The molecule has 1 aromatic heterocycles. The van der Waals surface area contributed by atoms with Gasteiger partial charge in [-0.2, -0.15) is 0 Å². The van der Waals surface area contributed by atoms with Crippen LogP contribution in [0.2, 0.25) is 0 Å². The van der Waals surface area contributed by atoms with Gasteiger partial charge in [-0.1, -0.05) is 32.6 Å². The Bertz CT molecular complexity index is 562. The van der Waals surface area contributed by atoms with Crippen LogP contribution in [0, 0.1) is 19.8 Å². The van der Waals surface area contributed by atoms with Crippen molar-refractivity contribution in [1.29, 1.82) is 0 Å². The molecule has 0 bridgehead atoms. The molecule has 0 atom stereocenters. The van der Waals surface area contributed by atoms with Gasteiger partial charge >= 0.3 is 0 Å². The quantitative estimate of drug-likeness (QED) is 0.595. The summed E-state index contributed by atoms with van der Waals surface area (Å²) in [5.41, 5.74) is 0.943. The van der Waals surface area contributed by atoms with Gasteiger partial charge in [-0.3, -0.25) is 9.59 Å². The van der Waals surface area contributed by atoms with Crippen LogP contribution in [0.4, 0.5) is 5.13 Å². The van der Waals surface area contributed by atoms with E-state index in [1.807, 2.05) is 13.8 Å². The number of nitrogens with one attached hydrogen (secondary N) is 1. The van der Waals surface area contributed by atoms with E-state index in [0.29, 0.717) is 17.5 Å². The lowest BCUT2D eigenvalue weighted by Crippen LogP contribution is -2.39. The molecule has 1 N–H and O–H groups in total. The lowest BCUT2D eigenvalue weighted by atomic mass is 10.1. The first-order valence-corrected chi connectivity index (χ1v) is 10.3. The second-order valence-electron chi connectivity index (χ2n) is 7.09. The zero-order chi connectivity index (χ0) is 18.2. The normalized spacial score (nSPS) is 13.7. The first-order valence-electron chi connectivity index (χ1n) is 9.51. The molecule has 0 unspecified atom stereocenters. The number of thiazole rings is 1. The van der Waals surface area contributed by atoms with Gasteiger partial charge in [-0.15, -0.1) is 11.3 Å². The number of rotatable bonds is 11. The van der Waals surface area contributed by atoms with Crippen molar-refractivity contribution in [1.82, 2.24) is 9.88 Å². The zero-order valence-corrected chi connectivity index (χ0v) is 16.6. The molecule has 0 spiro atoms. The summed E-state index contributed by atoms with van der Waals surface area (Å²) >= 11 is 1.48. The van der Waals surface area contributed by atoms with E-state index in [9.17, 15) is 9.59 Å². The Morgan fingerprint density at radius 1 is 1.20 bits per heavy atom. The topological polar surface area (TPSA) is 62.3 Å². The minimum atomic E-state index is -0.145. The number of carbonyl (C=O) groups is 2. The smallest absolute Gasteiger partial charge is 0.245 e. The molecule has 1 heterocycles. The lowest BCUT2D eigenvalue weighted by molar-refractivity contribution is -0.135. The summed E-state index contributed by atoms with van der Waals surface area (Å²) in [6.45, 7) is 6.97. The Morgan fingerprint density at radius 2 is 1.92 bits per heavy atom. The van der Waals surface area contributed by atoms with E-state index in [1.165, 1.54) is 43.4 Å². The Morgan fingerprint density at radius 3 is 2.52 bits per heavy atom. The molecule has 6 heteroatoms. The molecule has 140 valence electrons. The first kappa shape index (κ1) is 19.9. The molecule has 1 aliphatic rings. The summed E-state index contributed by atoms with van der Waals surface area (Å²) in [6.07, 6.45) is 8.55. The summed E-state index contributed by atoms with van der Waals surface area (Å²) in [6, 6.07) is 0.